The first-order valence-corrected chi connectivity index (χ1v) is 8.53. The minimum atomic E-state index is 0.0620. The minimum Gasteiger partial charge on any atom is -0.349 e. The highest BCUT2D eigenvalue weighted by atomic mass is 16.1. The lowest BCUT2D eigenvalue weighted by Gasteiger charge is -2.22. The largest absolute Gasteiger partial charge is 0.349 e. The van der Waals surface area contributed by atoms with Crippen LogP contribution in [0.1, 0.15) is 42.5 Å². The predicted molar refractivity (Wildman–Crippen MR) is 95.8 cm³/mol. The van der Waals surface area contributed by atoms with Crippen LogP contribution < -0.4 is 5.32 Å². The summed E-state index contributed by atoms with van der Waals surface area (Å²) in [5.74, 6) is 0.0620. The molecule has 1 aliphatic rings. The maximum atomic E-state index is 12.5. The number of benzene rings is 3. The second-order valence-corrected chi connectivity index (χ2v) is 6.57. The summed E-state index contributed by atoms with van der Waals surface area (Å²) >= 11 is 0. The Hall–Kier alpha value is -2.35. The second-order valence-electron chi connectivity index (χ2n) is 6.57. The van der Waals surface area contributed by atoms with E-state index in [9.17, 15) is 4.79 Å². The Labute approximate surface area is 136 Å². The van der Waals surface area contributed by atoms with E-state index < -0.39 is 0 Å². The van der Waals surface area contributed by atoms with Gasteiger partial charge in [-0.3, -0.25) is 4.79 Å². The van der Waals surface area contributed by atoms with Crippen molar-refractivity contribution in [3.63, 3.8) is 0 Å². The van der Waals surface area contributed by atoms with Crippen molar-refractivity contribution in [1.29, 1.82) is 0 Å². The zero-order chi connectivity index (χ0) is 15.6. The first-order chi connectivity index (χ1) is 11.3. The Bertz CT molecular complexity index is 862. The second kappa shape index (κ2) is 6.04. The smallest absolute Gasteiger partial charge is 0.251 e. The molecule has 0 aliphatic heterocycles. The van der Waals surface area contributed by atoms with Gasteiger partial charge in [0.25, 0.3) is 5.91 Å². The standard InChI is InChI=1S/C21H21NO/c23-21(22-20-8-2-1-3-9-20)18-11-10-17-12-15-6-4-5-7-16(15)13-19(17)14-18/h4-7,10-14,20H,1-3,8-9H2,(H,22,23). The molecule has 4 rings (SSSR count). The van der Waals surface area contributed by atoms with Crippen molar-refractivity contribution in [1.82, 2.24) is 5.32 Å². The van der Waals surface area contributed by atoms with Gasteiger partial charge >= 0.3 is 0 Å². The van der Waals surface area contributed by atoms with Gasteiger partial charge < -0.3 is 5.32 Å². The lowest BCUT2D eigenvalue weighted by atomic mass is 9.95. The fraction of sp³-hybridized carbons (Fsp3) is 0.286. The summed E-state index contributed by atoms with van der Waals surface area (Å²) in [7, 11) is 0. The maximum absolute atomic E-state index is 12.5. The average molecular weight is 303 g/mol. The summed E-state index contributed by atoms with van der Waals surface area (Å²) in [5.41, 5.74) is 0.762. The van der Waals surface area contributed by atoms with Gasteiger partial charge in [-0.1, -0.05) is 49.6 Å². The third-order valence-corrected chi connectivity index (χ3v) is 4.91. The van der Waals surface area contributed by atoms with Crippen LogP contribution in [0.4, 0.5) is 0 Å². The molecule has 0 spiro atoms. The highest BCUT2D eigenvalue weighted by molar-refractivity contribution is 6.03. The number of carbonyl (C=O) groups is 1. The Morgan fingerprint density at radius 1 is 0.783 bits per heavy atom. The molecular formula is C21H21NO. The highest BCUT2D eigenvalue weighted by Crippen LogP contribution is 2.24. The molecule has 0 unspecified atom stereocenters. The van der Waals surface area contributed by atoms with Gasteiger partial charge in [-0.25, -0.2) is 0 Å². The van der Waals surface area contributed by atoms with Crippen molar-refractivity contribution in [2.75, 3.05) is 0 Å². The van der Waals surface area contributed by atoms with Gasteiger partial charge in [-0.05, 0) is 58.7 Å². The third kappa shape index (κ3) is 2.94. The number of fused-ring (bicyclic) bond motifs is 2. The van der Waals surface area contributed by atoms with Crippen LogP contribution in [0.3, 0.4) is 0 Å². The van der Waals surface area contributed by atoms with Crippen molar-refractivity contribution in [2.24, 2.45) is 0 Å². The van der Waals surface area contributed by atoms with Crippen molar-refractivity contribution >= 4 is 27.5 Å². The van der Waals surface area contributed by atoms with Crippen LogP contribution in [0.25, 0.3) is 21.5 Å². The van der Waals surface area contributed by atoms with Gasteiger partial charge in [0.05, 0.1) is 0 Å². The lowest BCUT2D eigenvalue weighted by molar-refractivity contribution is 0.0928. The van der Waals surface area contributed by atoms with Crippen LogP contribution in [0.2, 0.25) is 0 Å². The van der Waals surface area contributed by atoms with Crippen LogP contribution in [0.5, 0.6) is 0 Å². The van der Waals surface area contributed by atoms with Crippen LogP contribution in [-0.4, -0.2) is 11.9 Å². The minimum absolute atomic E-state index is 0.0620. The molecule has 0 saturated heterocycles. The number of nitrogens with one attached hydrogen (secondary N) is 1. The van der Waals surface area contributed by atoms with E-state index >= 15 is 0 Å². The lowest BCUT2D eigenvalue weighted by Crippen LogP contribution is -2.36. The Morgan fingerprint density at radius 3 is 2.17 bits per heavy atom. The Kier molecular flexibility index (Phi) is 3.74. The van der Waals surface area contributed by atoms with Gasteiger partial charge in [-0.2, -0.15) is 0 Å². The zero-order valence-corrected chi connectivity index (χ0v) is 13.2. The van der Waals surface area contributed by atoms with Crippen LogP contribution in [0, 0.1) is 0 Å². The number of hydrogen-bond acceptors (Lipinski definition) is 1. The normalized spacial score (nSPS) is 15.8. The molecule has 0 bridgehead atoms. The topological polar surface area (TPSA) is 29.1 Å². The zero-order valence-electron chi connectivity index (χ0n) is 13.2. The van der Waals surface area contributed by atoms with Gasteiger partial charge in [0.1, 0.15) is 0 Å². The molecule has 116 valence electrons. The third-order valence-electron chi connectivity index (χ3n) is 4.91. The van der Waals surface area contributed by atoms with E-state index in [1.165, 1.54) is 35.4 Å². The maximum Gasteiger partial charge on any atom is 0.251 e. The first-order valence-electron chi connectivity index (χ1n) is 8.53. The molecule has 1 fully saturated rings. The van der Waals surface area contributed by atoms with E-state index in [4.69, 9.17) is 0 Å². The monoisotopic (exact) mass is 303 g/mol. The average Bonchev–Trinajstić information content (AvgIpc) is 2.60. The van der Waals surface area contributed by atoms with Crippen molar-refractivity contribution in [3.05, 3.63) is 60.2 Å². The number of hydrogen-bond donors (Lipinski definition) is 1. The van der Waals surface area contributed by atoms with Crippen LogP contribution >= 0.6 is 0 Å². The number of amides is 1. The molecule has 2 nitrogen and oxygen atoms in total. The summed E-state index contributed by atoms with van der Waals surface area (Å²) < 4.78 is 0. The molecular weight excluding hydrogens is 282 g/mol. The predicted octanol–water partition coefficient (Wildman–Crippen LogP) is 5.06. The number of carbonyl (C=O) groups excluding carboxylic acids is 1. The van der Waals surface area contributed by atoms with Crippen molar-refractivity contribution in [3.8, 4) is 0 Å². The van der Waals surface area contributed by atoms with Crippen LogP contribution in [0.15, 0.2) is 54.6 Å². The first kappa shape index (κ1) is 14.3. The summed E-state index contributed by atoms with van der Waals surface area (Å²) in [6.45, 7) is 0. The van der Waals surface area contributed by atoms with Gasteiger partial charge in [0.2, 0.25) is 0 Å². The molecule has 1 amide bonds. The van der Waals surface area contributed by atoms with E-state index in [2.05, 4.69) is 41.7 Å². The van der Waals surface area contributed by atoms with E-state index in [0.717, 1.165) is 23.8 Å². The highest BCUT2D eigenvalue weighted by Gasteiger charge is 2.16. The van der Waals surface area contributed by atoms with E-state index in [0.29, 0.717) is 6.04 Å². The molecule has 2 heteroatoms. The fourth-order valence-electron chi connectivity index (χ4n) is 3.60. The molecule has 0 heterocycles. The molecule has 0 radical (unpaired) electrons. The van der Waals surface area contributed by atoms with Gasteiger partial charge in [0, 0.05) is 11.6 Å². The molecule has 1 saturated carbocycles. The summed E-state index contributed by atoms with van der Waals surface area (Å²) in [6.07, 6.45) is 5.99. The van der Waals surface area contributed by atoms with Crippen molar-refractivity contribution in [2.45, 2.75) is 38.1 Å². The van der Waals surface area contributed by atoms with Crippen molar-refractivity contribution < 1.29 is 4.79 Å². The number of rotatable bonds is 2. The molecule has 1 N–H and O–H groups in total. The summed E-state index contributed by atoms with van der Waals surface area (Å²) in [4.78, 5) is 12.5. The summed E-state index contributed by atoms with van der Waals surface area (Å²) in [6, 6.07) is 19.1. The Balaban J connectivity index is 1.64. The van der Waals surface area contributed by atoms with E-state index in [-0.39, 0.29) is 5.91 Å². The molecule has 0 aromatic heterocycles. The van der Waals surface area contributed by atoms with Gasteiger partial charge in [-0.15, -0.1) is 0 Å². The molecule has 3 aromatic rings. The van der Waals surface area contributed by atoms with E-state index in [1.807, 2.05) is 18.2 Å². The SMILES string of the molecule is O=C(NC1CCCCC1)c1ccc2cc3ccccc3cc2c1. The fourth-order valence-corrected chi connectivity index (χ4v) is 3.60. The Morgan fingerprint density at radius 2 is 1.43 bits per heavy atom. The van der Waals surface area contributed by atoms with E-state index in [1.54, 1.807) is 0 Å². The molecule has 0 atom stereocenters. The summed E-state index contributed by atoms with van der Waals surface area (Å²) in [5, 5.41) is 7.95. The quantitative estimate of drug-likeness (QED) is 0.659. The van der Waals surface area contributed by atoms with Crippen LogP contribution in [-0.2, 0) is 0 Å². The van der Waals surface area contributed by atoms with Gasteiger partial charge in [0.15, 0.2) is 0 Å². The molecule has 1 aliphatic carbocycles. The molecule has 23 heavy (non-hydrogen) atoms. The molecule has 3 aromatic carbocycles.